The summed E-state index contributed by atoms with van der Waals surface area (Å²) in [5, 5.41) is 13.3. The van der Waals surface area contributed by atoms with E-state index in [9.17, 15) is 14.7 Å². The highest BCUT2D eigenvalue weighted by Crippen LogP contribution is 2.29. The van der Waals surface area contributed by atoms with Crippen molar-refractivity contribution < 1.29 is 33.6 Å². The Balaban J connectivity index is 1.72. The minimum Gasteiger partial charge on any atom is -0.503 e. The number of carbonyl (C=O) groups is 2. The number of nitrogens with one attached hydrogen (secondary N) is 1. The maximum Gasteiger partial charge on any atom is 0.329 e. The zero-order valence-electron chi connectivity index (χ0n) is 22.3. The molecule has 36 heavy (non-hydrogen) atoms. The van der Waals surface area contributed by atoms with Crippen LogP contribution >= 0.6 is 0 Å². The number of aliphatic hydroxyl groups is 1. The molecule has 2 N–H and O–H groups in total. The van der Waals surface area contributed by atoms with Gasteiger partial charge in [0.2, 0.25) is 0 Å². The highest BCUT2D eigenvalue weighted by Gasteiger charge is 2.38. The number of hydrogen-bond donors (Lipinski definition) is 2. The molecule has 3 aliphatic rings. The summed E-state index contributed by atoms with van der Waals surface area (Å²) in [7, 11) is 3.13. The Morgan fingerprint density at radius 1 is 1.19 bits per heavy atom. The van der Waals surface area contributed by atoms with Crippen molar-refractivity contribution in [2.24, 2.45) is 0 Å². The van der Waals surface area contributed by atoms with Gasteiger partial charge in [-0.1, -0.05) is 32.6 Å². The molecular formula is C27H44N2O7. The molecule has 204 valence electrons. The second-order valence-corrected chi connectivity index (χ2v) is 10.1. The van der Waals surface area contributed by atoms with Gasteiger partial charge in [0.25, 0.3) is 5.91 Å². The topological polar surface area (TPSA) is 107 Å². The molecular weight excluding hydrogens is 464 g/mol. The van der Waals surface area contributed by atoms with E-state index in [-0.39, 0.29) is 35.5 Å². The molecule has 0 radical (unpaired) electrons. The Morgan fingerprint density at radius 2 is 1.94 bits per heavy atom. The van der Waals surface area contributed by atoms with Gasteiger partial charge in [-0.25, -0.2) is 4.79 Å². The third kappa shape index (κ3) is 7.38. The summed E-state index contributed by atoms with van der Waals surface area (Å²) in [5.41, 5.74) is 0.0645. The molecule has 1 aliphatic carbocycles. The molecule has 9 heteroatoms. The van der Waals surface area contributed by atoms with Gasteiger partial charge in [-0.2, -0.15) is 0 Å². The van der Waals surface area contributed by atoms with E-state index >= 15 is 0 Å². The first-order valence-electron chi connectivity index (χ1n) is 13.5. The maximum atomic E-state index is 13.1. The number of carbonyl (C=O) groups excluding carboxylic acids is 2. The van der Waals surface area contributed by atoms with Crippen LogP contribution < -0.4 is 5.32 Å². The molecule has 0 aromatic heterocycles. The van der Waals surface area contributed by atoms with Crippen molar-refractivity contribution in [3.63, 3.8) is 0 Å². The Morgan fingerprint density at radius 3 is 2.64 bits per heavy atom. The van der Waals surface area contributed by atoms with Gasteiger partial charge in [0.1, 0.15) is 23.9 Å². The van der Waals surface area contributed by atoms with Crippen LogP contribution in [-0.2, 0) is 28.5 Å². The molecule has 3 rings (SSSR count). The first kappa shape index (κ1) is 28.3. The molecule has 0 unspecified atom stereocenters. The SMILES string of the molecule is CCCCCO[C@H]1[C@H](C)OC(=O)[C@@H](NC(=O)C2=C(O)C(OC)=CCN2C)CCC[C@@H]1OC1CCCC1. The number of esters is 1. The van der Waals surface area contributed by atoms with Gasteiger partial charge in [-0.05, 0) is 51.5 Å². The predicted octanol–water partition coefficient (Wildman–Crippen LogP) is 3.74. The van der Waals surface area contributed by atoms with Crippen LogP contribution in [0.15, 0.2) is 23.3 Å². The lowest BCUT2D eigenvalue weighted by Gasteiger charge is -2.33. The highest BCUT2D eigenvalue weighted by molar-refractivity contribution is 5.96. The third-order valence-corrected chi connectivity index (χ3v) is 7.26. The van der Waals surface area contributed by atoms with Gasteiger partial charge in [-0.15, -0.1) is 0 Å². The fraction of sp³-hybridized carbons (Fsp3) is 0.778. The molecule has 4 atom stereocenters. The molecule has 0 bridgehead atoms. The van der Waals surface area contributed by atoms with Crippen molar-refractivity contribution in [2.75, 3.05) is 27.3 Å². The number of hydrogen-bond acceptors (Lipinski definition) is 8. The summed E-state index contributed by atoms with van der Waals surface area (Å²) in [6, 6.07) is -0.837. The lowest BCUT2D eigenvalue weighted by molar-refractivity contribution is -0.172. The summed E-state index contributed by atoms with van der Waals surface area (Å²) >= 11 is 0. The van der Waals surface area contributed by atoms with Crippen molar-refractivity contribution in [2.45, 2.75) is 109 Å². The zero-order valence-corrected chi connectivity index (χ0v) is 22.3. The number of amides is 1. The monoisotopic (exact) mass is 508 g/mol. The van der Waals surface area contributed by atoms with Crippen LogP contribution in [0.25, 0.3) is 0 Å². The smallest absolute Gasteiger partial charge is 0.329 e. The van der Waals surface area contributed by atoms with Crippen molar-refractivity contribution in [1.82, 2.24) is 10.2 Å². The van der Waals surface area contributed by atoms with E-state index < -0.39 is 24.0 Å². The second kappa shape index (κ2) is 13.9. The molecule has 2 heterocycles. The van der Waals surface area contributed by atoms with Gasteiger partial charge < -0.3 is 34.3 Å². The maximum absolute atomic E-state index is 13.1. The number of rotatable bonds is 10. The molecule has 9 nitrogen and oxygen atoms in total. The average Bonchev–Trinajstić information content (AvgIpc) is 3.36. The number of likely N-dealkylation sites (N-methyl/N-ethyl adjacent to an activating group) is 1. The van der Waals surface area contributed by atoms with Gasteiger partial charge in [-0.3, -0.25) is 4.79 Å². The van der Waals surface area contributed by atoms with Crippen molar-refractivity contribution in [3.05, 3.63) is 23.3 Å². The van der Waals surface area contributed by atoms with E-state index in [0.29, 0.717) is 32.4 Å². The van der Waals surface area contributed by atoms with E-state index in [1.165, 1.54) is 20.0 Å². The quantitative estimate of drug-likeness (QED) is 0.340. The molecule has 1 saturated carbocycles. The van der Waals surface area contributed by atoms with Gasteiger partial charge in [0.05, 0.1) is 19.3 Å². The van der Waals surface area contributed by atoms with Crippen LogP contribution in [0.3, 0.4) is 0 Å². The molecule has 0 aromatic rings. The van der Waals surface area contributed by atoms with E-state index in [4.69, 9.17) is 18.9 Å². The molecule has 1 amide bonds. The fourth-order valence-electron chi connectivity index (χ4n) is 5.20. The number of methoxy groups -OCH3 is 1. The van der Waals surface area contributed by atoms with Crippen molar-refractivity contribution in [3.8, 4) is 0 Å². The largest absolute Gasteiger partial charge is 0.503 e. The van der Waals surface area contributed by atoms with Gasteiger partial charge >= 0.3 is 5.97 Å². The number of ether oxygens (including phenoxy) is 4. The average molecular weight is 509 g/mol. The van der Waals surface area contributed by atoms with Crippen LogP contribution in [0.1, 0.15) is 78.1 Å². The minimum absolute atomic E-state index is 0.0645. The third-order valence-electron chi connectivity index (χ3n) is 7.26. The molecule has 2 fully saturated rings. The van der Waals surface area contributed by atoms with E-state index in [1.807, 2.05) is 6.92 Å². The number of unbranched alkanes of at least 4 members (excludes halogenated alkanes) is 2. The van der Waals surface area contributed by atoms with Gasteiger partial charge in [0.15, 0.2) is 11.5 Å². The molecule has 0 aromatic carbocycles. The first-order chi connectivity index (χ1) is 17.3. The fourth-order valence-corrected chi connectivity index (χ4v) is 5.20. The zero-order chi connectivity index (χ0) is 26.1. The first-order valence-corrected chi connectivity index (χ1v) is 13.5. The summed E-state index contributed by atoms with van der Waals surface area (Å²) in [6.45, 7) is 4.99. The van der Waals surface area contributed by atoms with Crippen LogP contribution in [0, 0.1) is 0 Å². The Bertz CT molecular complexity index is 806. The predicted molar refractivity (Wildman–Crippen MR) is 135 cm³/mol. The number of cyclic esters (lactones) is 1. The van der Waals surface area contributed by atoms with Crippen molar-refractivity contribution in [1.29, 1.82) is 0 Å². The lowest BCUT2D eigenvalue weighted by Crippen LogP contribution is -2.47. The van der Waals surface area contributed by atoms with E-state index in [2.05, 4.69) is 12.2 Å². The Labute approximate surface area is 215 Å². The second-order valence-electron chi connectivity index (χ2n) is 10.1. The van der Waals surface area contributed by atoms with Gasteiger partial charge in [0, 0.05) is 20.2 Å². The molecule has 1 saturated heterocycles. The van der Waals surface area contributed by atoms with E-state index in [1.54, 1.807) is 18.0 Å². The highest BCUT2D eigenvalue weighted by atomic mass is 16.6. The summed E-state index contributed by atoms with van der Waals surface area (Å²) < 4.78 is 23.8. The summed E-state index contributed by atoms with van der Waals surface area (Å²) in [5.74, 6) is -1.06. The van der Waals surface area contributed by atoms with Crippen molar-refractivity contribution >= 4 is 11.9 Å². The summed E-state index contributed by atoms with van der Waals surface area (Å²) in [4.78, 5) is 27.9. The standard InChI is InChI=1S/C27H44N2O7/c1-5-6-9-17-34-25-18(2)35-27(32)20(13-10-14-22(25)36-19-11-7-8-12-19)28-26(31)23-24(30)21(33-4)15-16-29(23)3/h15,18-20,22,25,30H,5-14,16-17H2,1-4H3,(H,28,31)/t18-,20-,22-,25-/m0/s1. The van der Waals surface area contributed by atoms with E-state index in [0.717, 1.165) is 32.1 Å². The van der Waals surface area contributed by atoms with Crippen LogP contribution in [-0.4, -0.2) is 79.6 Å². The normalized spacial score (nSPS) is 28.2. The minimum atomic E-state index is -0.837. The molecule has 2 aliphatic heterocycles. The lowest BCUT2D eigenvalue weighted by atomic mass is 10.0. The van der Waals surface area contributed by atoms with Crippen LogP contribution in [0.5, 0.6) is 0 Å². The number of nitrogens with zero attached hydrogens (tertiary/aromatic N) is 1. The summed E-state index contributed by atoms with van der Waals surface area (Å²) in [6.07, 6.45) is 10.3. The Kier molecular flexibility index (Phi) is 10.9. The number of aliphatic hydroxyl groups excluding tert-OH is 1. The molecule has 0 spiro atoms. The van der Waals surface area contributed by atoms with Crippen LogP contribution in [0.2, 0.25) is 0 Å². The Hall–Kier alpha value is -2.26. The van der Waals surface area contributed by atoms with Crippen LogP contribution in [0.4, 0.5) is 0 Å².